The van der Waals surface area contributed by atoms with E-state index in [0.717, 1.165) is 10.6 Å². The van der Waals surface area contributed by atoms with Crippen LogP contribution in [-0.4, -0.2) is 9.59 Å². The second kappa shape index (κ2) is 3.56. The van der Waals surface area contributed by atoms with Gasteiger partial charge in [0.1, 0.15) is 0 Å². The fourth-order valence-electron chi connectivity index (χ4n) is 0.774. The van der Waals surface area contributed by atoms with E-state index in [0.29, 0.717) is 0 Å². The molecular weight excluding hydrogens is 160 g/mol. The Balaban J connectivity index is 2.89. The quantitative estimate of drug-likeness (QED) is 0.395. The monoisotopic (exact) mass is 170 g/mol. The number of hydrogen-bond donors (Lipinski definition) is 2. The number of nitrogens with two attached hydrogens (primary N) is 1. The van der Waals surface area contributed by atoms with Gasteiger partial charge in [-0.3, -0.25) is 5.84 Å². The van der Waals surface area contributed by atoms with Crippen molar-refractivity contribution in [2.24, 2.45) is 5.84 Å². The summed E-state index contributed by atoms with van der Waals surface area (Å²) in [6, 6.07) is -0.0324. The highest BCUT2D eigenvalue weighted by Gasteiger charge is 2.11. The lowest BCUT2D eigenvalue weighted by Crippen LogP contribution is -2.26. The van der Waals surface area contributed by atoms with Crippen LogP contribution in [0.5, 0.6) is 0 Å². The SMILES string of the molecule is C=CC(NN)c1snnc1C. The summed E-state index contributed by atoms with van der Waals surface area (Å²) in [6.07, 6.45) is 1.72. The maximum atomic E-state index is 5.27. The number of nitrogens with one attached hydrogen (secondary N) is 1. The van der Waals surface area contributed by atoms with E-state index in [4.69, 9.17) is 5.84 Å². The lowest BCUT2D eigenvalue weighted by Gasteiger charge is -2.06. The molecule has 0 aliphatic heterocycles. The van der Waals surface area contributed by atoms with Gasteiger partial charge in [0, 0.05) is 0 Å². The van der Waals surface area contributed by atoms with Crippen molar-refractivity contribution in [1.29, 1.82) is 0 Å². The molecule has 1 heterocycles. The fourth-order valence-corrected chi connectivity index (χ4v) is 1.48. The van der Waals surface area contributed by atoms with Gasteiger partial charge < -0.3 is 0 Å². The molecule has 0 aliphatic carbocycles. The van der Waals surface area contributed by atoms with Crippen LogP contribution in [0.4, 0.5) is 0 Å². The van der Waals surface area contributed by atoms with Crippen LogP contribution in [0.25, 0.3) is 0 Å². The predicted octanol–water partition coefficient (Wildman–Crippen LogP) is 0.537. The van der Waals surface area contributed by atoms with Crippen LogP contribution in [0.15, 0.2) is 12.7 Å². The van der Waals surface area contributed by atoms with Gasteiger partial charge in [-0.1, -0.05) is 10.6 Å². The molecule has 11 heavy (non-hydrogen) atoms. The molecule has 1 unspecified atom stereocenters. The van der Waals surface area contributed by atoms with Crippen molar-refractivity contribution in [3.8, 4) is 0 Å². The number of rotatable bonds is 3. The van der Waals surface area contributed by atoms with Gasteiger partial charge in [0.2, 0.25) is 0 Å². The predicted molar refractivity (Wildman–Crippen MR) is 44.9 cm³/mol. The first-order valence-electron chi connectivity index (χ1n) is 3.17. The molecule has 4 nitrogen and oxygen atoms in total. The third-order valence-corrected chi connectivity index (χ3v) is 2.29. The summed E-state index contributed by atoms with van der Waals surface area (Å²) in [5.74, 6) is 5.27. The molecule has 0 fully saturated rings. The largest absolute Gasteiger partial charge is 0.271 e. The number of hydrazine groups is 1. The van der Waals surface area contributed by atoms with E-state index in [9.17, 15) is 0 Å². The topological polar surface area (TPSA) is 63.8 Å². The highest BCUT2D eigenvalue weighted by atomic mass is 32.1. The minimum absolute atomic E-state index is 0.0324. The Morgan fingerprint density at radius 3 is 2.91 bits per heavy atom. The molecule has 0 saturated heterocycles. The Morgan fingerprint density at radius 2 is 2.55 bits per heavy atom. The average Bonchev–Trinajstić information content (AvgIpc) is 2.40. The minimum Gasteiger partial charge on any atom is -0.271 e. The van der Waals surface area contributed by atoms with E-state index >= 15 is 0 Å². The zero-order valence-electron chi connectivity index (χ0n) is 6.24. The van der Waals surface area contributed by atoms with Gasteiger partial charge in [-0.25, -0.2) is 5.43 Å². The van der Waals surface area contributed by atoms with Gasteiger partial charge in [0.05, 0.1) is 16.6 Å². The Labute approximate surface area is 69.3 Å². The summed E-state index contributed by atoms with van der Waals surface area (Å²) in [7, 11) is 0. The number of aryl methyl sites for hydroxylation is 1. The lowest BCUT2D eigenvalue weighted by atomic mass is 10.2. The molecule has 0 bridgehead atoms. The van der Waals surface area contributed by atoms with Crippen LogP contribution in [0.1, 0.15) is 16.6 Å². The Bertz CT molecular complexity index is 244. The Morgan fingerprint density at radius 1 is 1.82 bits per heavy atom. The molecule has 1 aromatic rings. The molecule has 5 heteroatoms. The van der Waals surface area contributed by atoms with Crippen molar-refractivity contribution in [1.82, 2.24) is 15.0 Å². The minimum atomic E-state index is -0.0324. The molecular formula is C6H10N4S. The maximum absolute atomic E-state index is 5.27. The first-order valence-corrected chi connectivity index (χ1v) is 3.94. The van der Waals surface area contributed by atoms with Crippen molar-refractivity contribution in [2.75, 3.05) is 0 Å². The number of aromatic nitrogens is 2. The van der Waals surface area contributed by atoms with Crippen LogP contribution in [0.2, 0.25) is 0 Å². The van der Waals surface area contributed by atoms with Crippen molar-refractivity contribution in [3.05, 3.63) is 23.2 Å². The van der Waals surface area contributed by atoms with Crippen molar-refractivity contribution in [2.45, 2.75) is 13.0 Å². The normalized spacial score (nSPS) is 12.9. The smallest absolute Gasteiger partial charge is 0.0776 e. The van der Waals surface area contributed by atoms with E-state index in [1.165, 1.54) is 11.5 Å². The Kier molecular flexibility index (Phi) is 2.70. The molecule has 0 radical (unpaired) electrons. The van der Waals surface area contributed by atoms with Crippen LogP contribution in [-0.2, 0) is 0 Å². The summed E-state index contributed by atoms with van der Waals surface area (Å²) < 4.78 is 3.79. The summed E-state index contributed by atoms with van der Waals surface area (Å²) >= 11 is 1.33. The average molecular weight is 170 g/mol. The van der Waals surface area contributed by atoms with E-state index in [2.05, 4.69) is 21.6 Å². The highest BCUT2D eigenvalue weighted by Crippen LogP contribution is 2.19. The summed E-state index contributed by atoms with van der Waals surface area (Å²) in [4.78, 5) is 1.02. The molecule has 60 valence electrons. The molecule has 0 aromatic carbocycles. The van der Waals surface area contributed by atoms with Gasteiger partial charge in [0.15, 0.2) is 0 Å². The Hall–Kier alpha value is -0.780. The van der Waals surface area contributed by atoms with E-state index in [-0.39, 0.29) is 6.04 Å². The molecule has 1 aromatic heterocycles. The number of hydrogen-bond acceptors (Lipinski definition) is 5. The number of nitrogens with zero attached hydrogens (tertiary/aromatic N) is 2. The highest BCUT2D eigenvalue weighted by molar-refractivity contribution is 7.05. The lowest BCUT2D eigenvalue weighted by molar-refractivity contribution is 0.662. The second-order valence-corrected chi connectivity index (χ2v) is 2.89. The van der Waals surface area contributed by atoms with E-state index in [1.54, 1.807) is 6.08 Å². The zero-order chi connectivity index (χ0) is 8.27. The van der Waals surface area contributed by atoms with Crippen LogP contribution in [0, 0.1) is 6.92 Å². The molecule has 1 atom stereocenters. The van der Waals surface area contributed by atoms with Gasteiger partial charge in [-0.2, -0.15) is 0 Å². The first kappa shape index (κ1) is 8.32. The van der Waals surface area contributed by atoms with Crippen LogP contribution < -0.4 is 11.3 Å². The van der Waals surface area contributed by atoms with Crippen LogP contribution >= 0.6 is 11.5 Å². The third-order valence-electron chi connectivity index (χ3n) is 1.38. The summed E-state index contributed by atoms with van der Waals surface area (Å²) in [6.45, 7) is 5.53. The van der Waals surface area contributed by atoms with Crippen molar-refractivity contribution < 1.29 is 0 Å². The standard InChI is InChI=1S/C6H10N4S/c1-3-5(8-7)6-4(2)9-10-11-6/h3,5,8H,1,7H2,2H3. The molecule has 0 saturated carbocycles. The van der Waals surface area contributed by atoms with Gasteiger partial charge in [-0.05, 0) is 18.5 Å². The van der Waals surface area contributed by atoms with Crippen molar-refractivity contribution in [3.63, 3.8) is 0 Å². The fraction of sp³-hybridized carbons (Fsp3) is 0.333. The van der Waals surface area contributed by atoms with E-state index < -0.39 is 0 Å². The maximum Gasteiger partial charge on any atom is 0.0776 e. The van der Waals surface area contributed by atoms with Crippen molar-refractivity contribution >= 4 is 11.5 Å². The molecule has 0 amide bonds. The summed E-state index contributed by atoms with van der Waals surface area (Å²) in [5, 5.41) is 3.86. The molecule has 0 aliphatic rings. The van der Waals surface area contributed by atoms with Crippen LogP contribution in [0.3, 0.4) is 0 Å². The molecule has 1 rings (SSSR count). The van der Waals surface area contributed by atoms with E-state index in [1.807, 2.05) is 6.92 Å². The third kappa shape index (κ3) is 1.62. The van der Waals surface area contributed by atoms with Gasteiger partial charge in [0.25, 0.3) is 0 Å². The molecule has 3 N–H and O–H groups in total. The van der Waals surface area contributed by atoms with Gasteiger partial charge >= 0.3 is 0 Å². The summed E-state index contributed by atoms with van der Waals surface area (Å²) in [5.41, 5.74) is 3.51. The zero-order valence-corrected chi connectivity index (χ0v) is 7.06. The second-order valence-electron chi connectivity index (χ2n) is 2.10. The van der Waals surface area contributed by atoms with Gasteiger partial charge in [-0.15, -0.1) is 11.7 Å². The molecule has 0 spiro atoms. The first-order chi connectivity index (χ1) is 5.29.